The fraction of sp³-hybridized carbons (Fsp3) is 0.812. The first-order valence-electron chi connectivity index (χ1n) is 7.97. The molecule has 0 aromatic carbocycles. The third-order valence-corrected chi connectivity index (χ3v) is 5.10. The largest absolute Gasteiger partial charge is 0.331 e. The molecule has 0 amide bonds. The van der Waals surface area contributed by atoms with Crippen LogP contribution in [0.5, 0.6) is 0 Å². The van der Waals surface area contributed by atoms with Crippen LogP contribution in [0, 0.1) is 0 Å². The summed E-state index contributed by atoms with van der Waals surface area (Å²) in [6.45, 7) is 5.70. The topological polar surface area (TPSA) is 29.9 Å². The second-order valence-electron chi connectivity index (χ2n) is 6.79. The van der Waals surface area contributed by atoms with Gasteiger partial charge in [-0.25, -0.2) is 4.98 Å². The predicted octanol–water partition coefficient (Wildman–Crippen LogP) is 3.63. The van der Waals surface area contributed by atoms with Crippen LogP contribution in [0.4, 0.5) is 0 Å². The van der Waals surface area contributed by atoms with Gasteiger partial charge in [0.1, 0.15) is 0 Å². The van der Waals surface area contributed by atoms with Crippen LogP contribution in [0.25, 0.3) is 0 Å². The van der Waals surface area contributed by atoms with Crippen molar-refractivity contribution in [3.05, 3.63) is 18.2 Å². The van der Waals surface area contributed by atoms with Crippen LogP contribution in [-0.2, 0) is 0 Å². The molecule has 19 heavy (non-hydrogen) atoms. The lowest BCUT2D eigenvalue weighted by Gasteiger charge is -2.45. The Labute approximate surface area is 116 Å². The van der Waals surface area contributed by atoms with Gasteiger partial charge >= 0.3 is 0 Å². The van der Waals surface area contributed by atoms with E-state index in [0.29, 0.717) is 17.5 Å². The maximum atomic E-state index is 4.39. The van der Waals surface area contributed by atoms with Gasteiger partial charge < -0.3 is 9.88 Å². The van der Waals surface area contributed by atoms with E-state index in [0.717, 1.165) is 0 Å². The molecule has 1 saturated heterocycles. The highest BCUT2D eigenvalue weighted by atomic mass is 15.1. The van der Waals surface area contributed by atoms with Gasteiger partial charge in [0, 0.05) is 23.5 Å². The molecule has 0 bridgehead atoms. The van der Waals surface area contributed by atoms with E-state index in [9.17, 15) is 0 Å². The summed E-state index contributed by atoms with van der Waals surface area (Å²) in [6.07, 6.45) is 13.6. The van der Waals surface area contributed by atoms with Crippen LogP contribution in [0.1, 0.15) is 76.4 Å². The Morgan fingerprint density at radius 1 is 1.32 bits per heavy atom. The Morgan fingerprint density at radius 2 is 2.11 bits per heavy atom. The fourth-order valence-corrected chi connectivity index (χ4v) is 4.04. The van der Waals surface area contributed by atoms with Gasteiger partial charge in [0.25, 0.3) is 0 Å². The van der Waals surface area contributed by atoms with Gasteiger partial charge in [0.2, 0.25) is 0 Å². The summed E-state index contributed by atoms with van der Waals surface area (Å²) < 4.78 is 2.46. The molecule has 1 saturated carbocycles. The van der Waals surface area contributed by atoms with Crippen molar-refractivity contribution in [1.82, 2.24) is 14.9 Å². The monoisotopic (exact) mass is 261 g/mol. The summed E-state index contributed by atoms with van der Waals surface area (Å²) in [5.41, 5.74) is 1.83. The number of imidazole rings is 1. The van der Waals surface area contributed by atoms with E-state index in [4.69, 9.17) is 0 Å². The molecule has 1 aliphatic carbocycles. The van der Waals surface area contributed by atoms with Crippen molar-refractivity contribution in [3.8, 4) is 0 Å². The van der Waals surface area contributed by atoms with E-state index < -0.39 is 0 Å². The molecule has 1 aliphatic heterocycles. The third kappa shape index (κ3) is 2.58. The molecule has 3 rings (SSSR count). The fourth-order valence-electron chi connectivity index (χ4n) is 4.04. The number of hydrogen-bond acceptors (Lipinski definition) is 2. The molecule has 1 aromatic rings. The highest BCUT2D eigenvalue weighted by Gasteiger charge is 2.37. The maximum Gasteiger partial charge on any atom is 0.0950 e. The number of nitrogens with one attached hydrogen (secondary N) is 1. The minimum absolute atomic E-state index is 0.430. The number of hydrogen-bond donors (Lipinski definition) is 1. The van der Waals surface area contributed by atoms with Gasteiger partial charge in [-0.15, -0.1) is 0 Å². The Hall–Kier alpha value is -0.830. The lowest BCUT2D eigenvalue weighted by molar-refractivity contribution is 0.144. The van der Waals surface area contributed by atoms with Crippen molar-refractivity contribution in [2.75, 3.05) is 6.54 Å². The van der Waals surface area contributed by atoms with Crippen LogP contribution in [0.2, 0.25) is 0 Å². The summed E-state index contributed by atoms with van der Waals surface area (Å²) in [6, 6.07) is 0.652. The molecule has 2 fully saturated rings. The average molecular weight is 261 g/mol. The van der Waals surface area contributed by atoms with E-state index in [1.807, 2.05) is 0 Å². The molecule has 3 heteroatoms. The Kier molecular flexibility index (Phi) is 3.66. The SMILES string of the molecule is CC(C)c1cncn1C1CCNC2(CCCCC2)C1. The molecular formula is C16H27N3. The molecule has 2 aliphatic rings. The second-order valence-corrected chi connectivity index (χ2v) is 6.79. The Bertz CT molecular complexity index is 410. The van der Waals surface area contributed by atoms with Gasteiger partial charge in [-0.05, 0) is 38.1 Å². The smallest absolute Gasteiger partial charge is 0.0950 e. The molecule has 1 N–H and O–H groups in total. The van der Waals surface area contributed by atoms with E-state index >= 15 is 0 Å². The molecule has 1 spiro atoms. The first-order valence-corrected chi connectivity index (χ1v) is 7.97. The quantitative estimate of drug-likeness (QED) is 0.881. The van der Waals surface area contributed by atoms with Gasteiger partial charge in [0.15, 0.2) is 0 Å². The van der Waals surface area contributed by atoms with E-state index in [1.165, 1.54) is 57.2 Å². The zero-order valence-electron chi connectivity index (χ0n) is 12.4. The zero-order chi connectivity index (χ0) is 13.3. The number of piperidine rings is 1. The maximum absolute atomic E-state index is 4.39. The average Bonchev–Trinajstić information content (AvgIpc) is 2.89. The van der Waals surface area contributed by atoms with Crippen LogP contribution in [0.15, 0.2) is 12.5 Å². The lowest BCUT2D eigenvalue weighted by atomic mass is 9.74. The van der Waals surface area contributed by atoms with E-state index in [2.05, 4.69) is 41.2 Å². The van der Waals surface area contributed by atoms with Crippen molar-refractivity contribution >= 4 is 0 Å². The minimum Gasteiger partial charge on any atom is -0.331 e. The van der Waals surface area contributed by atoms with E-state index in [-0.39, 0.29) is 0 Å². The summed E-state index contributed by atoms with van der Waals surface area (Å²) in [7, 11) is 0. The summed E-state index contributed by atoms with van der Waals surface area (Å²) in [5.74, 6) is 0.569. The number of rotatable bonds is 2. The van der Waals surface area contributed by atoms with Crippen LogP contribution in [0.3, 0.4) is 0 Å². The van der Waals surface area contributed by atoms with Crippen LogP contribution >= 0.6 is 0 Å². The predicted molar refractivity (Wildman–Crippen MR) is 78.4 cm³/mol. The molecule has 1 aromatic heterocycles. The van der Waals surface area contributed by atoms with Crippen molar-refractivity contribution in [1.29, 1.82) is 0 Å². The van der Waals surface area contributed by atoms with Crippen molar-refractivity contribution < 1.29 is 0 Å². The second kappa shape index (κ2) is 5.28. The summed E-state index contributed by atoms with van der Waals surface area (Å²) >= 11 is 0. The van der Waals surface area contributed by atoms with Crippen LogP contribution < -0.4 is 5.32 Å². The van der Waals surface area contributed by atoms with Gasteiger partial charge in [-0.3, -0.25) is 0 Å². The number of nitrogens with zero attached hydrogens (tertiary/aromatic N) is 2. The summed E-state index contributed by atoms with van der Waals surface area (Å²) in [5, 5.41) is 3.84. The van der Waals surface area contributed by atoms with E-state index in [1.54, 1.807) is 0 Å². The number of aromatic nitrogens is 2. The standard InChI is InChI=1S/C16H27N3/c1-13(2)15-11-17-12-19(15)14-6-9-18-16(10-14)7-4-3-5-8-16/h11-14,18H,3-10H2,1-2H3. The van der Waals surface area contributed by atoms with Gasteiger partial charge in [-0.2, -0.15) is 0 Å². The highest BCUT2D eigenvalue weighted by molar-refractivity contribution is 5.08. The van der Waals surface area contributed by atoms with Gasteiger partial charge in [0.05, 0.1) is 6.33 Å². The molecule has 3 nitrogen and oxygen atoms in total. The Morgan fingerprint density at radius 3 is 2.84 bits per heavy atom. The highest BCUT2D eigenvalue weighted by Crippen LogP contribution is 2.39. The molecule has 106 valence electrons. The normalized spacial score (nSPS) is 27.0. The van der Waals surface area contributed by atoms with Crippen molar-refractivity contribution in [3.63, 3.8) is 0 Å². The lowest BCUT2D eigenvalue weighted by Crippen LogP contribution is -2.52. The van der Waals surface area contributed by atoms with Crippen molar-refractivity contribution in [2.24, 2.45) is 0 Å². The minimum atomic E-state index is 0.430. The van der Waals surface area contributed by atoms with Gasteiger partial charge in [-0.1, -0.05) is 33.1 Å². The Balaban J connectivity index is 1.79. The first-order chi connectivity index (χ1) is 9.20. The van der Waals surface area contributed by atoms with Crippen molar-refractivity contribution in [2.45, 2.75) is 76.3 Å². The molecule has 1 atom stereocenters. The summed E-state index contributed by atoms with van der Waals surface area (Å²) in [4.78, 5) is 4.39. The zero-order valence-corrected chi connectivity index (χ0v) is 12.4. The first kappa shape index (κ1) is 13.2. The molecule has 0 radical (unpaired) electrons. The molecular weight excluding hydrogens is 234 g/mol. The third-order valence-electron chi connectivity index (χ3n) is 5.10. The van der Waals surface area contributed by atoms with Crippen LogP contribution in [-0.4, -0.2) is 21.6 Å². The molecule has 2 heterocycles. The molecule has 1 unspecified atom stereocenters.